The number of ketones is 1. The molecule has 0 saturated heterocycles. The van der Waals surface area contributed by atoms with E-state index in [0.717, 1.165) is 5.56 Å². The van der Waals surface area contributed by atoms with Crippen molar-refractivity contribution in [1.29, 1.82) is 0 Å². The van der Waals surface area contributed by atoms with Gasteiger partial charge in [0.25, 0.3) is 0 Å². The first-order valence-corrected chi connectivity index (χ1v) is 5.99. The van der Waals surface area contributed by atoms with Gasteiger partial charge in [0.05, 0.1) is 4.83 Å². The van der Waals surface area contributed by atoms with Gasteiger partial charge >= 0.3 is 0 Å². The van der Waals surface area contributed by atoms with E-state index in [2.05, 4.69) is 49.7 Å². The smallest absolute Gasteiger partial charge is 0.147 e. The zero-order chi connectivity index (χ0) is 11.7. The van der Waals surface area contributed by atoms with Gasteiger partial charge in [0.1, 0.15) is 5.78 Å². The maximum absolute atomic E-state index is 11.4. The summed E-state index contributed by atoms with van der Waals surface area (Å²) in [5.41, 5.74) is 6.07. The quantitative estimate of drug-likeness (QED) is 0.743. The van der Waals surface area contributed by atoms with Crippen molar-refractivity contribution in [3.63, 3.8) is 0 Å². The third-order valence-electron chi connectivity index (χ3n) is 3.03. The van der Waals surface area contributed by atoms with Gasteiger partial charge in [-0.25, -0.2) is 0 Å². The van der Waals surface area contributed by atoms with Gasteiger partial charge < -0.3 is 0 Å². The van der Waals surface area contributed by atoms with Gasteiger partial charge in [-0.3, -0.25) is 4.79 Å². The molecule has 0 saturated carbocycles. The Morgan fingerprint density at radius 2 is 1.53 bits per heavy atom. The summed E-state index contributed by atoms with van der Waals surface area (Å²) < 4.78 is 0. The Morgan fingerprint density at radius 3 is 1.87 bits per heavy atom. The fourth-order valence-corrected chi connectivity index (χ4v) is 2.52. The van der Waals surface area contributed by atoms with E-state index in [1.807, 2.05) is 0 Å². The van der Waals surface area contributed by atoms with Gasteiger partial charge in [-0.05, 0) is 62.4 Å². The highest BCUT2D eigenvalue weighted by molar-refractivity contribution is 9.09. The maximum Gasteiger partial charge on any atom is 0.147 e. The van der Waals surface area contributed by atoms with E-state index in [-0.39, 0.29) is 10.6 Å². The summed E-state index contributed by atoms with van der Waals surface area (Å²) in [6, 6.07) is 2.17. The van der Waals surface area contributed by atoms with Crippen LogP contribution in [0.5, 0.6) is 0 Å². The fourth-order valence-electron chi connectivity index (χ4n) is 1.83. The monoisotopic (exact) mass is 268 g/mol. The fraction of sp³-hybridized carbons (Fsp3) is 0.462. The largest absolute Gasteiger partial charge is 0.298 e. The average molecular weight is 269 g/mol. The summed E-state index contributed by atoms with van der Waals surface area (Å²) in [6.07, 6.45) is 0. The Bertz CT molecular complexity index is 381. The molecule has 0 amide bonds. The normalized spacial score (nSPS) is 12.7. The lowest BCUT2D eigenvalue weighted by atomic mass is 9.91. The van der Waals surface area contributed by atoms with Crippen molar-refractivity contribution in [1.82, 2.24) is 0 Å². The zero-order valence-electron chi connectivity index (χ0n) is 9.94. The molecule has 0 N–H and O–H groups in total. The van der Waals surface area contributed by atoms with Crippen molar-refractivity contribution in [3.8, 4) is 0 Å². The molecule has 1 nitrogen and oxygen atoms in total. The van der Waals surface area contributed by atoms with Crippen LogP contribution in [0.2, 0.25) is 0 Å². The van der Waals surface area contributed by atoms with E-state index in [0.29, 0.717) is 0 Å². The first-order chi connectivity index (χ1) is 6.86. The van der Waals surface area contributed by atoms with Gasteiger partial charge in [0.15, 0.2) is 0 Å². The number of halogens is 1. The maximum atomic E-state index is 11.4. The average Bonchev–Trinajstić information content (AvgIpc) is 2.15. The molecule has 0 heterocycles. The number of aryl methyl sites for hydroxylation is 2. The molecule has 1 aromatic carbocycles. The third kappa shape index (κ3) is 2.31. The van der Waals surface area contributed by atoms with Crippen molar-refractivity contribution in [3.05, 3.63) is 33.9 Å². The number of hydrogen-bond donors (Lipinski definition) is 0. The number of hydrogen-bond acceptors (Lipinski definition) is 1. The van der Waals surface area contributed by atoms with Crippen LogP contribution in [0.1, 0.15) is 39.6 Å². The van der Waals surface area contributed by atoms with Crippen LogP contribution in [0.25, 0.3) is 0 Å². The molecule has 0 radical (unpaired) electrons. The van der Waals surface area contributed by atoms with Crippen LogP contribution in [0.15, 0.2) is 6.07 Å². The van der Waals surface area contributed by atoms with Gasteiger partial charge in [0.2, 0.25) is 0 Å². The predicted octanol–water partition coefficient (Wildman–Crippen LogP) is 3.95. The number of carbonyl (C=O) groups is 1. The Hall–Kier alpha value is -0.630. The van der Waals surface area contributed by atoms with E-state index in [1.165, 1.54) is 22.3 Å². The van der Waals surface area contributed by atoms with E-state index in [9.17, 15) is 4.79 Å². The molecule has 0 aromatic heterocycles. The van der Waals surface area contributed by atoms with Crippen LogP contribution in [-0.2, 0) is 4.79 Å². The summed E-state index contributed by atoms with van der Waals surface area (Å²) in [5.74, 6) is 0.159. The Balaban J connectivity index is 3.45. The summed E-state index contributed by atoms with van der Waals surface area (Å²) in [7, 11) is 0. The second-order valence-corrected chi connectivity index (χ2v) is 5.06. The Morgan fingerprint density at radius 1 is 1.13 bits per heavy atom. The zero-order valence-corrected chi connectivity index (χ0v) is 11.5. The lowest BCUT2D eigenvalue weighted by molar-refractivity contribution is -0.116. The number of alkyl halides is 1. The van der Waals surface area contributed by atoms with Crippen LogP contribution in [-0.4, -0.2) is 5.78 Å². The number of benzene rings is 1. The second kappa shape index (κ2) is 4.48. The van der Waals surface area contributed by atoms with E-state index in [4.69, 9.17) is 0 Å². The van der Waals surface area contributed by atoms with Crippen molar-refractivity contribution in [2.24, 2.45) is 0 Å². The molecule has 1 rings (SSSR count). The molecule has 0 spiro atoms. The minimum atomic E-state index is -0.170. The van der Waals surface area contributed by atoms with Gasteiger partial charge in [-0.1, -0.05) is 22.0 Å². The Labute approximate surface area is 100 Å². The molecule has 0 fully saturated rings. The molecule has 0 aliphatic carbocycles. The third-order valence-corrected chi connectivity index (χ3v) is 4.14. The number of Topliss-reactive ketones (excluding diaryl/α,β-unsaturated/α-hetero) is 1. The van der Waals surface area contributed by atoms with Crippen LogP contribution < -0.4 is 0 Å². The minimum absolute atomic E-state index is 0.159. The molecule has 1 atom stereocenters. The minimum Gasteiger partial charge on any atom is -0.298 e. The van der Waals surface area contributed by atoms with Crippen LogP contribution in [0, 0.1) is 27.7 Å². The van der Waals surface area contributed by atoms with Crippen LogP contribution in [0.4, 0.5) is 0 Å². The topological polar surface area (TPSA) is 17.1 Å². The molecular weight excluding hydrogens is 252 g/mol. The molecular formula is C13H17BrO. The molecule has 0 aliphatic heterocycles. The molecule has 1 unspecified atom stereocenters. The van der Waals surface area contributed by atoms with Crippen LogP contribution in [0.3, 0.4) is 0 Å². The lowest BCUT2D eigenvalue weighted by Gasteiger charge is -2.18. The molecule has 82 valence electrons. The van der Waals surface area contributed by atoms with Crippen molar-refractivity contribution >= 4 is 21.7 Å². The first kappa shape index (κ1) is 12.4. The summed E-state index contributed by atoms with van der Waals surface area (Å²) in [4.78, 5) is 11.3. The summed E-state index contributed by atoms with van der Waals surface area (Å²) in [5, 5.41) is 0. The summed E-state index contributed by atoms with van der Waals surface area (Å²) in [6.45, 7) is 9.95. The van der Waals surface area contributed by atoms with Crippen molar-refractivity contribution in [2.75, 3.05) is 0 Å². The SMILES string of the molecule is CC(=O)C(Br)c1c(C)c(C)cc(C)c1C. The molecule has 0 bridgehead atoms. The molecule has 1 aromatic rings. The van der Waals surface area contributed by atoms with Crippen molar-refractivity contribution in [2.45, 2.75) is 39.4 Å². The highest BCUT2D eigenvalue weighted by atomic mass is 79.9. The predicted molar refractivity (Wildman–Crippen MR) is 67.7 cm³/mol. The lowest BCUT2D eigenvalue weighted by Crippen LogP contribution is -2.07. The second-order valence-electron chi connectivity index (χ2n) is 4.15. The van der Waals surface area contributed by atoms with E-state index in [1.54, 1.807) is 6.92 Å². The first-order valence-electron chi connectivity index (χ1n) is 5.08. The number of carbonyl (C=O) groups excluding carboxylic acids is 1. The van der Waals surface area contributed by atoms with E-state index < -0.39 is 0 Å². The summed E-state index contributed by atoms with van der Waals surface area (Å²) >= 11 is 3.47. The van der Waals surface area contributed by atoms with Gasteiger partial charge in [-0.2, -0.15) is 0 Å². The van der Waals surface area contributed by atoms with E-state index >= 15 is 0 Å². The number of rotatable bonds is 2. The highest BCUT2D eigenvalue weighted by Gasteiger charge is 2.19. The van der Waals surface area contributed by atoms with Gasteiger partial charge in [0, 0.05) is 0 Å². The molecule has 0 aliphatic rings. The van der Waals surface area contributed by atoms with Gasteiger partial charge in [-0.15, -0.1) is 0 Å². The van der Waals surface area contributed by atoms with Crippen LogP contribution >= 0.6 is 15.9 Å². The standard InChI is InChI=1S/C13H17BrO/c1-7-6-8(2)10(4)12(9(7)3)13(14)11(5)15/h6,13H,1-5H3. The molecule has 2 heteroatoms. The molecule has 15 heavy (non-hydrogen) atoms. The van der Waals surface area contributed by atoms with Crippen molar-refractivity contribution < 1.29 is 4.79 Å². The Kier molecular flexibility index (Phi) is 3.72. The highest BCUT2D eigenvalue weighted by Crippen LogP contribution is 2.32.